The second-order valence-corrected chi connectivity index (χ2v) is 4.29. The molecule has 0 aromatic heterocycles. The van der Waals surface area contributed by atoms with Gasteiger partial charge in [-0.25, -0.2) is 8.78 Å². The number of likely N-dealkylation sites (tertiary alicyclic amines) is 1. The maximum atomic E-state index is 12.4. The normalized spacial score (nSPS) is 25.2. The Labute approximate surface area is 87.2 Å². The third-order valence-corrected chi connectivity index (χ3v) is 2.65. The van der Waals surface area contributed by atoms with Gasteiger partial charge in [-0.15, -0.1) is 11.6 Å². The first-order valence-electron chi connectivity index (χ1n) is 4.73. The van der Waals surface area contributed by atoms with Crippen molar-refractivity contribution in [3.8, 4) is 0 Å². The van der Waals surface area contributed by atoms with Crippen LogP contribution in [0.25, 0.3) is 0 Å². The summed E-state index contributed by atoms with van der Waals surface area (Å²) in [5.74, 6) is -0.917. The first-order chi connectivity index (χ1) is 6.52. The predicted molar refractivity (Wildman–Crippen MR) is 50.6 cm³/mol. The molecular formula is C9H14ClF2NO. The molecule has 0 N–H and O–H groups in total. The van der Waals surface area contributed by atoms with E-state index in [2.05, 4.69) is 0 Å². The fraction of sp³-hybridized carbons (Fsp3) is 0.889. The van der Waals surface area contributed by atoms with Crippen molar-refractivity contribution in [1.29, 1.82) is 0 Å². The Bertz CT molecular complexity index is 211. The molecule has 1 heterocycles. The first kappa shape index (κ1) is 11.7. The van der Waals surface area contributed by atoms with Gasteiger partial charge in [0, 0.05) is 19.0 Å². The number of carbonyl (C=O) groups excluding carboxylic acids is 1. The average Bonchev–Trinajstić information content (AvgIpc) is 2.16. The van der Waals surface area contributed by atoms with Crippen LogP contribution >= 0.6 is 11.6 Å². The topological polar surface area (TPSA) is 20.3 Å². The number of piperidine rings is 1. The Morgan fingerprint density at radius 3 is 2.71 bits per heavy atom. The van der Waals surface area contributed by atoms with E-state index in [1.807, 2.05) is 0 Å². The standard InChI is InChI=1S/C9H14ClF2NO/c1-6(10)9(14)13-4-2-3-7(5-13)8(11)12/h6-8H,2-5H2,1H3/t6-,7-/m1/s1. The maximum Gasteiger partial charge on any atom is 0.243 e. The number of carbonyl (C=O) groups is 1. The van der Waals surface area contributed by atoms with Gasteiger partial charge in [-0.3, -0.25) is 4.79 Å². The summed E-state index contributed by atoms with van der Waals surface area (Å²) in [5, 5.41) is -0.619. The third-order valence-electron chi connectivity index (χ3n) is 2.47. The molecule has 0 radical (unpaired) electrons. The van der Waals surface area contributed by atoms with E-state index < -0.39 is 17.7 Å². The highest BCUT2D eigenvalue weighted by Crippen LogP contribution is 2.23. The van der Waals surface area contributed by atoms with Crippen molar-refractivity contribution in [3.63, 3.8) is 0 Å². The van der Waals surface area contributed by atoms with Crippen LogP contribution in [0.15, 0.2) is 0 Å². The molecular weight excluding hydrogens is 212 g/mol. The molecule has 5 heteroatoms. The summed E-state index contributed by atoms with van der Waals surface area (Å²) in [4.78, 5) is 12.9. The van der Waals surface area contributed by atoms with Crippen LogP contribution in [-0.2, 0) is 4.79 Å². The molecule has 2 atom stereocenters. The van der Waals surface area contributed by atoms with E-state index in [-0.39, 0.29) is 12.5 Å². The zero-order valence-corrected chi connectivity index (χ0v) is 8.81. The summed E-state index contributed by atoms with van der Waals surface area (Å²) >= 11 is 5.61. The average molecular weight is 226 g/mol. The van der Waals surface area contributed by atoms with Gasteiger partial charge in [0.05, 0.1) is 0 Å². The molecule has 1 rings (SSSR count). The summed E-state index contributed by atoms with van der Waals surface area (Å²) in [5.41, 5.74) is 0. The smallest absolute Gasteiger partial charge is 0.243 e. The van der Waals surface area contributed by atoms with Crippen LogP contribution in [-0.4, -0.2) is 35.7 Å². The van der Waals surface area contributed by atoms with Crippen LogP contribution in [0.3, 0.4) is 0 Å². The van der Waals surface area contributed by atoms with E-state index >= 15 is 0 Å². The predicted octanol–water partition coefficient (Wildman–Crippen LogP) is 2.12. The number of rotatable bonds is 2. The van der Waals surface area contributed by atoms with E-state index in [1.54, 1.807) is 6.92 Å². The van der Waals surface area contributed by atoms with Gasteiger partial charge in [0.25, 0.3) is 0 Å². The van der Waals surface area contributed by atoms with Gasteiger partial charge in [0.2, 0.25) is 12.3 Å². The van der Waals surface area contributed by atoms with E-state index in [9.17, 15) is 13.6 Å². The minimum atomic E-state index is -2.34. The van der Waals surface area contributed by atoms with Crippen molar-refractivity contribution in [2.75, 3.05) is 13.1 Å². The molecule has 0 aromatic carbocycles. The van der Waals surface area contributed by atoms with Crippen LogP contribution in [0.4, 0.5) is 8.78 Å². The molecule has 1 saturated heterocycles. The molecule has 0 aliphatic carbocycles. The lowest BCUT2D eigenvalue weighted by molar-refractivity contribution is -0.133. The van der Waals surface area contributed by atoms with Gasteiger partial charge in [-0.2, -0.15) is 0 Å². The molecule has 1 amide bonds. The Hall–Kier alpha value is -0.380. The van der Waals surface area contributed by atoms with Crippen molar-refractivity contribution >= 4 is 17.5 Å². The molecule has 0 bridgehead atoms. The Balaban J connectivity index is 2.51. The molecule has 0 saturated carbocycles. The number of hydrogen-bond donors (Lipinski definition) is 0. The van der Waals surface area contributed by atoms with Crippen LogP contribution in [0.1, 0.15) is 19.8 Å². The van der Waals surface area contributed by atoms with Crippen molar-refractivity contribution in [3.05, 3.63) is 0 Å². The fourth-order valence-corrected chi connectivity index (χ4v) is 1.81. The van der Waals surface area contributed by atoms with Gasteiger partial charge in [-0.05, 0) is 19.8 Å². The van der Waals surface area contributed by atoms with Crippen molar-refractivity contribution < 1.29 is 13.6 Å². The first-order valence-corrected chi connectivity index (χ1v) is 5.17. The van der Waals surface area contributed by atoms with E-state index in [4.69, 9.17) is 11.6 Å². The fourth-order valence-electron chi connectivity index (χ4n) is 1.67. The maximum absolute atomic E-state index is 12.4. The molecule has 0 aromatic rings. The Morgan fingerprint density at radius 2 is 2.21 bits per heavy atom. The highest BCUT2D eigenvalue weighted by atomic mass is 35.5. The second kappa shape index (κ2) is 4.91. The van der Waals surface area contributed by atoms with E-state index in [1.165, 1.54) is 4.90 Å². The SMILES string of the molecule is C[C@@H](Cl)C(=O)N1CCC[C@@H](C(F)F)C1. The van der Waals surface area contributed by atoms with Crippen LogP contribution in [0.5, 0.6) is 0 Å². The van der Waals surface area contributed by atoms with Crippen molar-refractivity contribution in [2.45, 2.75) is 31.6 Å². The molecule has 1 aliphatic heterocycles. The zero-order valence-electron chi connectivity index (χ0n) is 8.05. The largest absolute Gasteiger partial charge is 0.341 e. The lowest BCUT2D eigenvalue weighted by Crippen LogP contribution is -2.44. The van der Waals surface area contributed by atoms with E-state index in [0.717, 1.165) is 0 Å². The van der Waals surface area contributed by atoms with Gasteiger partial charge in [-0.1, -0.05) is 0 Å². The highest BCUT2D eigenvalue weighted by molar-refractivity contribution is 6.30. The summed E-state index contributed by atoms with van der Waals surface area (Å²) < 4.78 is 24.8. The van der Waals surface area contributed by atoms with Gasteiger partial charge >= 0.3 is 0 Å². The molecule has 2 nitrogen and oxygen atoms in total. The number of alkyl halides is 3. The Kier molecular flexibility index (Phi) is 4.11. The summed E-state index contributed by atoms with van der Waals surface area (Å²) in [7, 11) is 0. The molecule has 0 spiro atoms. The van der Waals surface area contributed by atoms with Crippen molar-refractivity contribution in [2.24, 2.45) is 5.92 Å². The lowest BCUT2D eigenvalue weighted by Gasteiger charge is -2.32. The van der Waals surface area contributed by atoms with Crippen LogP contribution < -0.4 is 0 Å². The summed E-state index contributed by atoms with van der Waals surface area (Å²) in [6.45, 7) is 2.27. The van der Waals surface area contributed by atoms with Crippen molar-refractivity contribution in [1.82, 2.24) is 4.90 Å². The quantitative estimate of drug-likeness (QED) is 0.660. The van der Waals surface area contributed by atoms with Crippen LogP contribution in [0.2, 0.25) is 0 Å². The minimum absolute atomic E-state index is 0.146. The van der Waals surface area contributed by atoms with Crippen LogP contribution in [0, 0.1) is 5.92 Å². The number of hydrogen-bond acceptors (Lipinski definition) is 1. The second-order valence-electron chi connectivity index (χ2n) is 3.64. The lowest BCUT2D eigenvalue weighted by atomic mass is 9.98. The van der Waals surface area contributed by atoms with Gasteiger partial charge < -0.3 is 4.90 Å². The number of nitrogens with zero attached hydrogens (tertiary/aromatic N) is 1. The molecule has 0 unspecified atom stereocenters. The molecule has 82 valence electrons. The molecule has 14 heavy (non-hydrogen) atoms. The summed E-state index contributed by atoms with van der Waals surface area (Å²) in [6.07, 6.45) is -1.20. The Morgan fingerprint density at radius 1 is 1.57 bits per heavy atom. The minimum Gasteiger partial charge on any atom is -0.341 e. The zero-order chi connectivity index (χ0) is 10.7. The van der Waals surface area contributed by atoms with E-state index in [0.29, 0.717) is 19.4 Å². The third kappa shape index (κ3) is 2.80. The molecule has 1 aliphatic rings. The number of amides is 1. The highest BCUT2D eigenvalue weighted by Gasteiger charge is 2.30. The monoisotopic (exact) mass is 225 g/mol. The molecule has 1 fully saturated rings. The number of halogens is 3. The van der Waals surface area contributed by atoms with Gasteiger partial charge in [0.1, 0.15) is 5.38 Å². The van der Waals surface area contributed by atoms with Gasteiger partial charge in [0.15, 0.2) is 0 Å². The summed E-state index contributed by atoms with van der Waals surface area (Å²) in [6, 6.07) is 0.